The lowest BCUT2D eigenvalue weighted by Crippen LogP contribution is -2.31. The van der Waals surface area contributed by atoms with Crippen molar-refractivity contribution in [2.75, 3.05) is 42.8 Å². The van der Waals surface area contributed by atoms with E-state index in [9.17, 15) is 4.79 Å². The van der Waals surface area contributed by atoms with Crippen LogP contribution in [0.2, 0.25) is 0 Å². The van der Waals surface area contributed by atoms with Crippen molar-refractivity contribution in [3.63, 3.8) is 0 Å². The predicted octanol–water partition coefficient (Wildman–Crippen LogP) is 4.79. The third-order valence-corrected chi connectivity index (χ3v) is 5.54. The molecule has 0 bridgehead atoms. The summed E-state index contributed by atoms with van der Waals surface area (Å²) in [5.41, 5.74) is 2.86. The highest BCUT2D eigenvalue weighted by molar-refractivity contribution is 6.06. The smallest absolute Gasteiger partial charge is 0.259 e. The summed E-state index contributed by atoms with van der Waals surface area (Å²) in [6.07, 6.45) is 3.62. The molecule has 0 atom stereocenters. The number of carbonyl (C=O) groups is 1. The van der Waals surface area contributed by atoms with Gasteiger partial charge in [-0.3, -0.25) is 4.79 Å². The lowest BCUT2D eigenvalue weighted by Gasteiger charge is -2.27. The van der Waals surface area contributed by atoms with Gasteiger partial charge in [-0.05, 0) is 62.6 Å². The number of benzene rings is 2. The molecule has 1 aliphatic heterocycles. The summed E-state index contributed by atoms with van der Waals surface area (Å²) in [6.45, 7) is 3.97. The number of methoxy groups -OCH3 is 2. The Hall–Kier alpha value is -3.81. The van der Waals surface area contributed by atoms with E-state index in [2.05, 4.69) is 20.5 Å². The minimum absolute atomic E-state index is 0.274. The molecule has 8 nitrogen and oxygen atoms in total. The molecular formula is C25H29N5O3. The average molecular weight is 448 g/mol. The number of rotatable bonds is 7. The molecule has 1 fully saturated rings. The van der Waals surface area contributed by atoms with Gasteiger partial charge in [-0.1, -0.05) is 6.07 Å². The summed E-state index contributed by atoms with van der Waals surface area (Å²) < 4.78 is 10.6. The normalized spacial score (nSPS) is 13.4. The molecule has 0 saturated carbocycles. The van der Waals surface area contributed by atoms with Crippen LogP contribution in [0, 0.1) is 6.92 Å². The van der Waals surface area contributed by atoms with Crippen molar-refractivity contribution in [3.8, 4) is 11.5 Å². The van der Waals surface area contributed by atoms with E-state index in [1.807, 2.05) is 37.3 Å². The van der Waals surface area contributed by atoms with E-state index in [-0.39, 0.29) is 5.91 Å². The number of nitrogens with zero attached hydrogens (tertiary/aromatic N) is 3. The Balaban J connectivity index is 1.45. The van der Waals surface area contributed by atoms with Crippen molar-refractivity contribution in [1.82, 2.24) is 9.97 Å². The molecule has 172 valence electrons. The van der Waals surface area contributed by atoms with Gasteiger partial charge < -0.3 is 25.0 Å². The van der Waals surface area contributed by atoms with Gasteiger partial charge >= 0.3 is 0 Å². The fraction of sp³-hybridized carbons (Fsp3) is 0.320. The van der Waals surface area contributed by atoms with Gasteiger partial charge in [0.15, 0.2) is 11.5 Å². The van der Waals surface area contributed by atoms with E-state index in [0.717, 1.165) is 36.2 Å². The standard InChI is InChI=1S/C25H29N5O3/c1-17-16-22(29-25(26-17)30-14-5-4-6-15-30)27-18-10-12-19(13-11-18)28-24(31)20-8-7-9-21(32-2)23(20)33-3/h7-13,16H,4-6,14-15H2,1-3H3,(H,28,31)(H,26,27,29). The molecule has 2 N–H and O–H groups in total. The fourth-order valence-electron chi connectivity index (χ4n) is 3.90. The first kappa shape index (κ1) is 22.4. The topological polar surface area (TPSA) is 88.6 Å². The number of ether oxygens (including phenoxy) is 2. The van der Waals surface area contributed by atoms with Crippen LogP contribution in [0.3, 0.4) is 0 Å². The number of amides is 1. The maximum Gasteiger partial charge on any atom is 0.259 e. The molecule has 2 aromatic carbocycles. The van der Waals surface area contributed by atoms with E-state index in [0.29, 0.717) is 22.7 Å². The number of hydrogen-bond acceptors (Lipinski definition) is 7. The molecule has 3 aromatic rings. The van der Waals surface area contributed by atoms with Crippen LogP contribution in [-0.2, 0) is 0 Å². The number of piperidine rings is 1. The highest BCUT2D eigenvalue weighted by Crippen LogP contribution is 2.31. The quantitative estimate of drug-likeness (QED) is 0.538. The fourth-order valence-corrected chi connectivity index (χ4v) is 3.90. The molecule has 4 rings (SSSR count). The summed E-state index contributed by atoms with van der Waals surface area (Å²) in [5, 5.41) is 6.24. The van der Waals surface area contributed by atoms with Crippen molar-refractivity contribution >= 4 is 29.0 Å². The summed E-state index contributed by atoms with van der Waals surface area (Å²) in [7, 11) is 3.06. The second kappa shape index (κ2) is 10.2. The molecule has 1 aliphatic rings. The summed E-state index contributed by atoms with van der Waals surface area (Å²) in [5.74, 6) is 2.16. The second-order valence-electron chi connectivity index (χ2n) is 7.94. The molecule has 1 saturated heterocycles. The molecule has 1 amide bonds. The number of aryl methyl sites for hydroxylation is 1. The number of aromatic nitrogens is 2. The zero-order valence-corrected chi connectivity index (χ0v) is 19.2. The highest BCUT2D eigenvalue weighted by Gasteiger charge is 2.17. The van der Waals surface area contributed by atoms with Crippen molar-refractivity contribution < 1.29 is 14.3 Å². The van der Waals surface area contributed by atoms with Gasteiger partial charge in [0.1, 0.15) is 5.82 Å². The largest absolute Gasteiger partial charge is 0.493 e. The zero-order chi connectivity index (χ0) is 23.2. The highest BCUT2D eigenvalue weighted by atomic mass is 16.5. The van der Waals surface area contributed by atoms with Crippen LogP contribution < -0.4 is 25.0 Å². The van der Waals surface area contributed by atoms with Crippen LogP contribution in [0.15, 0.2) is 48.5 Å². The van der Waals surface area contributed by atoms with Crippen molar-refractivity contribution in [1.29, 1.82) is 0 Å². The maximum absolute atomic E-state index is 12.8. The monoisotopic (exact) mass is 447 g/mol. The van der Waals surface area contributed by atoms with Gasteiger partial charge in [-0.25, -0.2) is 4.98 Å². The Morgan fingerprint density at radius 1 is 0.939 bits per heavy atom. The van der Waals surface area contributed by atoms with Crippen molar-refractivity contribution in [2.24, 2.45) is 0 Å². The predicted molar refractivity (Wildman–Crippen MR) is 130 cm³/mol. The molecule has 1 aromatic heterocycles. The number of hydrogen-bond donors (Lipinski definition) is 2. The SMILES string of the molecule is COc1cccc(C(=O)Nc2ccc(Nc3cc(C)nc(N4CCCCC4)n3)cc2)c1OC. The second-order valence-corrected chi connectivity index (χ2v) is 7.94. The number of para-hydroxylation sites is 1. The van der Waals surface area contributed by atoms with Crippen LogP contribution in [0.25, 0.3) is 0 Å². The number of anilines is 4. The minimum atomic E-state index is -0.274. The molecule has 0 unspecified atom stereocenters. The van der Waals surface area contributed by atoms with E-state index < -0.39 is 0 Å². The van der Waals surface area contributed by atoms with Gasteiger partial charge in [0.25, 0.3) is 5.91 Å². The van der Waals surface area contributed by atoms with E-state index in [1.165, 1.54) is 26.4 Å². The molecule has 2 heterocycles. The minimum Gasteiger partial charge on any atom is -0.493 e. The summed E-state index contributed by atoms with van der Waals surface area (Å²) in [4.78, 5) is 24.3. The van der Waals surface area contributed by atoms with E-state index in [4.69, 9.17) is 14.5 Å². The lowest BCUT2D eigenvalue weighted by atomic mass is 10.1. The van der Waals surface area contributed by atoms with Crippen LogP contribution in [0.5, 0.6) is 11.5 Å². The molecule has 33 heavy (non-hydrogen) atoms. The van der Waals surface area contributed by atoms with E-state index in [1.54, 1.807) is 25.3 Å². The van der Waals surface area contributed by atoms with Crippen molar-refractivity contribution in [2.45, 2.75) is 26.2 Å². The van der Waals surface area contributed by atoms with Gasteiger partial charge in [-0.2, -0.15) is 4.98 Å². The number of carbonyl (C=O) groups excluding carboxylic acids is 1. The number of nitrogens with one attached hydrogen (secondary N) is 2. The molecule has 0 radical (unpaired) electrons. The Bertz CT molecular complexity index is 1110. The first-order valence-electron chi connectivity index (χ1n) is 11.1. The van der Waals surface area contributed by atoms with Crippen LogP contribution in [-0.4, -0.2) is 43.2 Å². The Morgan fingerprint density at radius 3 is 2.36 bits per heavy atom. The lowest BCUT2D eigenvalue weighted by molar-refractivity contribution is 0.102. The van der Waals surface area contributed by atoms with Crippen LogP contribution in [0.1, 0.15) is 35.3 Å². The van der Waals surface area contributed by atoms with Gasteiger partial charge in [0.2, 0.25) is 5.95 Å². The van der Waals surface area contributed by atoms with E-state index >= 15 is 0 Å². The van der Waals surface area contributed by atoms with Crippen molar-refractivity contribution in [3.05, 3.63) is 59.8 Å². The average Bonchev–Trinajstić information content (AvgIpc) is 2.84. The maximum atomic E-state index is 12.8. The van der Waals surface area contributed by atoms with Gasteiger partial charge in [0.05, 0.1) is 19.8 Å². The molecule has 0 aliphatic carbocycles. The molecule has 0 spiro atoms. The summed E-state index contributed by atoms with van der Waals surface area (Å²) in [6, 6.07) is 14.6. The van der Waals surface area contributed by atoms with Crippen LogP contribution >= 0.6 is 0 Å². The first-order chi connectivity index (χ1) is 16.1. The Labute approximate surface area is 194 Å². The zero-order valence-electron chi connectivity index (χ0n) is 19.2. The first-order valence-corrected chi connectivity index (χ1v) is 11.1. The third-order valence-electron chi connectivity index (χ3n) is 5.54. The Kier molecular flexibility index (Phi) is 6.92. The van der Waals surface area contributed by atoms with Gasteiger partial charge in [-0.15, -0.1) is 0 Å². The third kappa shape index (κ3) is 5.34. The van der Waals surface area contributed by atoms with Crippen LogP contribution in [0.4, 0.5) is 23.1 Å². The van der Waals surface area contributed by atoms with Gasteiger partial charge in [0, 0.05) is 36.2 Å². The Morgan fingerprint density at radius 2 is 1.67 bits per heavy atom. The summed E-state index contributed by atoms with van der Waals surface area (Å²) >= 11 is 0. The molecule has 8 heteroatoms. The molecular weight excluding hydrogens is 418 g/mol.